The fraction of sp³-hybridized carbons (Fsp3) is 0.0667. The minimum absolute atomic E-state index is 0.213. The van der Waals surface area contributed by atoms with Crippen LogP contribution in [0.5, 0.6) is 5.75 Å². The normalized spacial score (nSPS) is 9.90. The molecule has 0 saturated heterocycles. The molecule has 0 spiro atoms. The van der Waals surface area contributed by atoms with E-state index >= 15 is 0 Å². The maximum atomic E-state index is 12.0. The molecule has 108 valence electrons. The minimum atomic E-state index is -0.564. The van der Waals surface area contributed by atoms with Crippen LogP contribution in [0.15, 0.2) is 48.5 Å². The van der Waals surface area contributed by atoms with Crippen LogP contribution >= 0.6 is 0 Å². The molecule has 0 heterocycles. The molecule has 0 aromatic heterocycles. The Hall–Kier alpha value is -3.02. The molecule has 2 aromatic rings. The van der Waals surface area contributed by atoms with Crippen molar-refractivity contribution in [3.63, 3.8) is 0 Å². The average Bonchev–Trinajstić information content (AvgIpc) is 2.46. The quantitative estimate of drug-likeness (QED) is 0.721. The zero-order valence-electron chi connectivity index (χ0n) is 11.2. The van der Waals surface area contributed by atoms with Crippen molar-refractivity contribution in [2.24, 2.45) is 5.73 Å². The van der Waals surface area contributed by atoms with E-state index in [1.54, 1.807) is 48.5 Å². The summed E-state index contributed by atoms with van der Waals surface area (Å²) in [6.07, 6.45) is 0. The van der Waals surface area contributed by atoms with Crippen molar-refractivity contribution >= 4 is 23.2 Å². The summed E-state index contributed by atoms with van der Waals surface area (Å²) in [5.41, 5.74) is 12.2. The van der Waals surface area contributed by atoms with Crippen LogP contribution in [0.25, 0.3) is 0 Å². The van der Waals surface area contributed by atoms with Gasteiger partial charge in [0.25, 0.3) is 11.8 Å². The summed E-state index contributed by atoms with van der Waals surface area (Å²) >= 11 is 0. The first-order valence-electron chi connectivity index (χ1n) is 6.22. The van der Waals surface area contributed by atoms with Crippen LogP contribution in [-0.2, 0) is 4.79 Å². The number of carbonyl (C=O) groups excluding carboxylic acids is 2. The number of rotatable bonds is 5. The highest BCUT2D eigenvalue weighted by atomic mass is 16.5. The molecule has 0 fully saturated rings. The number of nitrogen functional groups attached to an aromatic ring is 1. The first-order valence-corrected chi connectivity index (χ1v) is 6.22. The molecule has 0 saturated carbocycles. The molecule has 2 rings (SSSR count). The van der Waals surface area contributed by atoms with Crippen molar-refractivity contribution in [2.75, 3.05) is 17.7 Å². The SMILES string of the molecule is NC(=O)COc1cccc(NC(=O)c2ccc(N)cc2)c1. The first kappa shape index (κ1) is 14.4. The Morgan fingerprint density at radius 1 is 1.10 bits per heavy atom. The molecule has 6 heteroatoms. The van der Waals surface area contributed by atoms with E-state index in [9.17, 15) is 9.59 Å². The predicted octanol–water partition coefficient (Wildman–Crippen LogP) is 1.39. The van der Waals surface area contributed by atoms with Crippen LogP contribution in [0, 0.1) is 0 Å². The molecule has 6 nitrogen and oxygen atoms in total. The number of nitrogens with one attached hydrogen (secondary N) is 1. The zero-order valence-corrected chi connectivity index (χ0v) is 11.2. The molecule has 0 aliphatic carbocycles. The Kier molecular flexibility index (Phi) is 4.40. The third-order valence-corrected chi connectivity index (χ3v) is 2.65. The van der Waals surface area contributed by atoms with Crippen LogP contribution in [-0.4, -0.2) is 18.4 Å². The van der Waals surface area contributed by atoms with Crippen LogP contribution in [0.2, 0.25) is 0 Å². The van der Waals surface area contributed by atoms with E-state index in [1.165, 1.54) is 0 Å². The van der Waals surface area contributed by atoms with E-state index in [2.05, 4.69) is 5.32 Å². The number of carbonyl (C=O) groups is 2. The maximum Gasteiger partial charge on any atom is 0.255 e. The second kappa shape index (κ2) is 6.42. The zero-order chi connectivity index (χ0) is 15.2. The fourth-order valence-electron chi connectivity index (χ4n) is 1.66. The molecule has 0 atom stereocenters. The Morgan fingerprint density at radius 2 is 1.81 bits per heavy atom. The van der Waals surface area contributed by atoms with Gasteiger partial charge >= 0.3 is 0 Å². The second-order valence-corrected chi connectivity index (χ2v) is 4.36. The van der Waals surface area contributed by atoms with E-state index in [1.807, 2.05) is 0 Å². The molecule has 0 aliphatic heterocycles. The molecule has 21 heavy (non-hydrogen) atoms. The summed E-state index contributed by atoms with van der Waals surface area (Å²) in [4.78, 5) is 22.7. The van der Waals surface area contributed by atoms with Gasteiger partial charge in [-0.05, 0) is 36.4 Å². The number of ether oxygens (including phenoxy) is 1. The van der Waals surface area contributed by atoms with Gasteiger partial charge < -0.3 is 21.5 Å². The Labute approximate surface area is 121 Å². The van der Waals surface area contributed by atoms with E-state index in [4.69, 9.17) is 16.2 Å². The lowest BCUT2D eigenvalue weighted by Crippen LogP contribution is -2.20. The topological polar surface area (TPSA) is 107 Å². The van der Waals surface area contributed by atoms with Gasteiger partial charge in [0.15, 0.2) is 6.61 Å². The minimum Gasteiger partial charge on any atom is -0.484 e. The second-order valence-electron chi connectivity index (χ2n) is 4.36. The highest BCUT2D eigenvalue weighted by molar-refractivity contribution is 6.04. The summed E-state index contributed by atoms with van der Waals surface area (Å²) in [5.74, 6) is -0.378. The van der Waals surface area contributed by atoms with Crippen molar-refractivity contribution in [3.05, 3.63) is 54.1 Å². The molecule has 5 N–H and O–H groups in total. The van der Waals surface area contributed by atoms with Crippen LogP contribution in [0.4, 0.5) is 11.4 Å². The maximum absolute atomic E-state index is 12.0. The number of anilines is 2. The lowest BCUT2D eigenvalue weighted by Gasteiger charge is -2.08. The van der Waals surface area contributed by atoms with Gasteiger partial charge in [0.05, 0.1) is 0 Å². The van der Waals surface area contributed by atoms with Gasteiger partial charge in [0, 0.05) is 23.0 Å². The van der Waals surface area contributed by atoms with E-state index in [-0.39, 0.29) is 12.5 Å². The molecule has 0 aliphatic rings. The standard InChI is InChI=1S/C15H15N3O3/c16-11-6-4-10(5-7-11)15(20)18-12-2-1-3-13(8-12)21-9-14(17)19/h1-8H,9,16H2,(H2,17,19)(H,18,20). The van der Waals surface area contributed by atoms with Crippen molar-refractivity contribution in [1.29, 1.82) is 0 Å². The van der Waals surface area contributed by atoms with Crippen LogP contribution in [0.3, 0.4) is 0 Å². The Bertz CT molecular complexity index is 653. The smallest absolute Gasteiger partial charge is 0.255 e. The van der Waals surface area contributed by atoms with Gasteiger partial charge in [-0.2, -0.15) is 0 Å². The van der Waals surface area contributed by atoms with Gasteiger partial charge in [0.1, 0.15) is 5.75 Å². The molecule has 2 amide bonds. The third kappa shape index (κ3) is 4.24. The highest BCUT2D eigenvalue weighted by Gasteiger charge is 2.06. The van der Waals surface area contributed by atoms with Crippen molar-refractivity contribution < 1.29 is 14.3 Å². The van der Waals surface area contributed by atoms with Gasteiger partial charge in [-0.25, -0.2) is 0 Å². The van der Waals surface area contributed by atoms with Crippen molar-refractivity contribution in [3.8, 4) is 5.75 Å². The molecular formula is C15H15N3O3. The molecular weight excluding hydrogens is 270 g/mol. The lowest BCUT2D eigenvalue weighted by molar-refractivity contribution is -0.119. The van der Waals surface area contributed by atoms with Gasteiger partial charge in [-0.3, -0.25) is 9.59 Å². The summed E-state index contributed by atoms with van der Waals surface area (Å²) in [5, 5.41) is 2.73. The largest absolute Gasteiger partial charge is 0.484 e. The fourth-order valence-corrected chi connectivity index (χ4v) is 1.66. The summed E-state index contributed by atoms with van der Waals surface area (Å²) < 4.78 is 5.17. The third-order valence-electron chi connectivity index (χ3n) is 2.65. The number of amides is 2. The van der Waals surface area contributed by atoms with Crippen LogP contribution in [0.1, 0.15) is 10.4 Å². The first-order chi connectivity index (χ1) is 10.0. The van der Waals surface area contributed by atoms with E-state index in [0.717, 1.165) is 0 Å². The number of nitrogens with two attached hydrogens (primary N) is 2. The lowest BCUT2D eigenvalue weighted by atomic mass is 10.2. The predicted molar refractivity (Wildman–Crippen MR) is 79.9 cm³/mol. The average molecular weight is 285 g/mol. The number of benzene rings is 2. The monoisotopic (exact) mass is 285 g/mol. The van der Waals surface area contributed by atoms with Crippen molar-refractivity contribution in [1.82, 2.24) is 0 Å². The molecule has 2 aromatic carbocycles. The molecule has 0 radical (unpaired) electrons. The van der Waals surface area contributed by atoms with Gasteiger partial charge in [0.2, 0.25) is 0 Å². The Balaban J connectivity index is 2.05. The van der Waals surface area contributed by atoms with E-state index < -0.39 is 5.91 Å². The van der Waals surface area contributed by atoms with Gasteiger partial charge in [-0.15, -0.1) is 0 Å². The molecule has 0 bridgehead atoms. The number of primary amides is 1. The summed E-state index contributed by atoms with van der Waals surface area (Å²) in [6, 6.07) is 13.3. The summed E-state index contributed by atoms with van der Waals surface area (Å²) in [7, 11) is 0. The van der Waals surface area contributed by atoms with E-state index in [0.29, 0.717) is 22.7 Å². The van der Waals surface area contributed by atoms with Crippen molar-refractivity contribution in [2.45, 2.75) is 0 Å². The number of hydrogen-bond donors (Lipinski definition) is 3. The summed E-state index contributed by atoms with van der Waals surface area (Å²) in [6.45, 7) is -0.213. The van der Waals surface area contributed by atoms with Gasteiger partial charge in [-0.1, -0.05) is 6.07 Å². The number of hydrogen-bond acceptors (Lipinski definition) is 4. The van der Waals surface area contributed by atoms with Crippen LogP contribution < -0.4 is 21.5 Å². The Morgan fingerprint density at radius 3 is 2.48 bits per heavy atom. The highest BCUT2D eigenvalue weighted by Crippen LogP contribution is 2.18. The molecule has 0 unspecified atom stereocenters.